The van der Waals surface area contributed by atoms with Crippen LogP contribution in [-0.4, -0.2) is 5.11 Å². The Balaban J connectivity index is 1.83. The fraction of sp³-hybridized carbons (Fsp3) is 0.0526. The summed E-state index contributed by atoms with van der Waals surface area (Å²) in [6, 6.07) is 28.2. The molecule has 4 heteroatoms. The molecule has 0 fully saturated rings. The van der Waals surface area contributed by atoms with Gasteiger partial charge in [-0.25, -0.2) is 0 Å². The molecule has 1 unspecified atom stereocenters. The third-order valence-electron chi connectivity index (χ3n) is 3.17. The normalized spacial score (nSPS) is 11.9. The lowest BCUT2D eigenvalue weighted by Crippen LogP contribution is -2.05. The topological polar surface area (TPSA) is 38.7 Å². The molecule has 0 aromatic heterocycles. The van der Waals surface area contributed by atoms with Gasteiger partial charge in [-0.1, -0.05) is 66.7 Å². The van der Waals surface area contributed by atoms with Gasteiger partial charge in [-0.05, 0) is 29.8 Å². The lowest BCUT2D eigenvalue weighted by molar-refractivity contribution is 0.237. The zero-order valence-electron chi connectivity index (χ0n) is 12.4. The third-order valence-corrected chi connectivity index (χ3v) is 4.65. The van der Waals surface area contributed by atoms with Gasteiger partial charge >= 0.3 is 8.38 Å². The van der Waals surface area contributed by atoms with Crippen molar-refractivity contribution in [2.75, 3.05) is 0 Å². The molecular formula is C19H17O3P. The molecule has 3 aromatic carbocycles. The molecule has 23 heavy (non-hydrogen) atoms. The largest absolute Gasteiger partial charge is 0.437 e. The highest BCUT2D eigenvalue weighted by Crippen LogP contribution is 2.51. The van der Waals surface area contributed by atoms with Crippen molar-refractivity contribution in [1.82, 2.24) is 0 Å². The number of rotatable bonds is 6. The van der Waals surface area contributed by atoms with E-state index in [1.165, 1.54) is 0 Å². The highest BCUT2D eigenvalue weighted by molar-refractivity contribution is 7.48. The SMILES string of the molecule is OC(c1ccccc1)P(Oc1ccccc1)Oc1ccccc1. The quantitative estimate of drug-likeness (QED) is 0.638. The molecule has 0 heterocycles. The highest BCUT2D eigenvalue weighted by atomic mass is 31.2. The molecule has 0 aliphatic rings. The molecule has 0 amide bonds. The Bertz CT molecular complexity index is 663. The smallest absolute Gasteiger partial charge is 0.326 e. The maximum Gasteiger partial charge on any atom is 0.326 e. The minimum Gasteiger partial charge on any atom is -0.437 e. The van der Waals surface area contributed by atoms with Gasteiger partial charge in [0.15, 0.2) is 5.85 Å². The summed E-state index contributed by atoms with van der Waals surface area (Å²) in [7, 11) is -1.60. The van der Waals surface area contributed by atoms with E-state index in [4.69, 9.17) is 9.05 Å². The van der Waals surface area contributed by atoms with Gasteiger partial charge in [-0.15, -0.1) is 0 Å². The van der Waals surface area contributed by atoms with Gasteiger partial charge in [-0.2, -0.15) is 0 Å². The third kappa shape index (κ3) is 4.32. The molecule has 0 aliphatic heterocycles. The van der Waals surface area contributed by atoms with Crippen molar-refractivity contribution in [2.24, 2.45) is 0 Å². The van der Waals surface area contributed by atoms with Crippen molar-refractivity contribution >= 4 is 8.38 Å². The van der Waals surface area contributed by atoms with Crippen LogP contribution in [-0.2, 0) is 0 Å². The van der Waals surface area contributed by atoms with Crippen molar-refractivity contribution in [2.45, 2.75) is 5.85 Å². The van der Waals surface area contributed by atoms with E-state index >= 15 is 0 Å². The van der Waals surface area contributed by atoms with Crippen LogP contribution in [0, 0.1) is 0 Å². The van der Waals surface area contributed by atoms with Crippen LogP contribution >= 0.6 is 8.38 Å². The average Bonchev–Trinajstić information content (AvgIpc) is 2.63. The molecular weight excluding hydrogens is 307 g/mol. The van der Waals surface area contributed by atoms with Gasteiger partial charge in [0, 0.05) is 0 Å². The summed E-state index contributed by atoms with van der Waals surface area (Å²) in [5, 5.41) is 10.7. The second kappa shape index (κ2) is 7.77. The fourth-order valence-electron chi connectivity index (χ4n) is 2.04. The van der Waals surface area contributed by atoms with Crippen LogP contribution in [0.2, 0.25) is 0 Å². The maximum absolute atomic E-state index is 10.7. The number of hydrogen-bond acceptors (Lipinski definition) is 3. The van der Waals surface area contributed by atoms with Crippen LogP contribution in [0.5, 0.6) is 11.5 Å². The summed E-state index contributed by atoms with van der Waals surface area (Å²) in [5.41, 5.74) is 0.769. The summed E-state index contributed by atoms with van der Waals surface area (Å²) in [6.07, 6.45) is 0. The zero-order valence-corrected chi connectivity index (χ0v) is 13.3. The molecule has 1 N–H and O–H groups in total. The van der Waals surface area contributed by atoms with Crippen LogP contribution < -0.4 is 9.05 Å². The number of benzene rings is 3. The molecule has 116 valence electrons. The highest BCUT2D eigenvalue weighted by Gasteiger charge is 2.27. The van der Waals surface area contributed by atoms with Gasteiger partial charge in [-0.3, -0.25) is 0 Å². The molecule has 0 saturated carbocycles. The van der Waals surface area contributed by atoms with E-state index in [9.17, 15) is 5.11 Å². The molecule has 0 spiro atoms. The predicted octanol–water partition coefficient (Wildman–Crippen LogP) is 5.15. The Morgan fingerprint density at radius 1 is 0.609 bits per heavy atom. The Hall–Kier alpha value is -2.35. The molecule has 3 nitrogen and oxygen atoms in total. The van der Waals surface area contributed by atoms with Crippen LogP contribution in [0.1, 0.15) is 11.4 Å². The first-order valence-electron chi connectivity index (χ1n) is 7.31. The van der Waals surface area contributed by atoms with Crippen LogP contribution in [0.3, 0.4) is 0 Å². The first-order valence-corrected chi connectivity index (χ1v) is 8.56. The van der Waals surface area contributed by atoms with Crippen molar-refractivity contribution < 1.29 is 14.2 Å². The molecule has 0 aliphatic carbocycles. The van der Waals surface area contributed by atoms with E-state index in [-0.39, 0.29) is 0 Å². The Kier molecular flexibility index (Phi) is 5.25. The monoisotopic (exact) mass is 324 g/mol. The molecule has 3 rings (SSSR count). The summed E-state index contributed by atoms with van der Waals surface area (Å²) < 4.78 is 11.9. The molecule has 1 atom stereocenters. The standard InChI is InChI=1S/C19H17O3P/c20-19(16-10-4-1-5-11-16)23(21-17-12-6-2-7-13-17)22-18-14-8-3-9-15-18/h1-15,19-20H. The van der Waals surface area contributed by atoms with E-state index in [1.54, 1.807) is 0 Å². The van der Waals surface area contributed by atoms with Crippen LogP contribution in [0.4, 0.5) is 0 Å². The first-order chi connectivity index (χ1) is 11.3. The van der Waals surface area contributed by atoms with E-state index in [2.05, 4.69) is 0 Å². The minimum absolute atomic E-state index is 0.671. The Morgan fingerprint density at radius 3 is 1.43 bits per heavy atom. The molecule has 0 bridgehead atoms. The fourth-order valence-corrected chi connectivity index (χ4v) is 3.35. The van der Waals surface area contributed by atoms with Crippen LogP contribution in [0.15, 0.2) is 91.0 Å². The summed E-state index contributed by atoms with van der Waals surface area (Å²) in [5.74, 6) is 0.501. The van der Waals surface area contributed by atoms with Crippen LogP contribution in [0.25, 0.3) is 0 Å². The average molecular weight is 324 g/mol. The number of aliphatic hydroxyl groups excluding tert-OH is 1. The zero-order chi connectivity index (χ0) is 15.9. The van der Waals surface area contributed by atoms with Crippen molar-refractivity contribution in [1.29, 1.82) is 0 Å². The van der Waals surface area contributed by atoms with Gasteiger partial charge in [0.25, 0.3) is 0 Å². The van der Waals surface area contributed by atoms with E-state index in [1.807, 2.05) is 91.0 Å². The van der Waals surface area contributed by atoms with E-state index in [0.29, 0.717) is 11.5 Å². The van der Waals surface area contributed by atoms with Gasteiger partial charge in [0.2, 0.25) is 0 Å². The molecule has 0 radical (unpaired) electrons. The summed E-state index contributed by atoms with van der Waals surface area (Å²) >= 11 is 0. The Morgan fingerprint density at radius 2 is 1.00 bits per heavy atom. The summed E-state index contributed by atoms with van der Waals surface area (Å²) in [4.78, 5) is 0. The lowest BCUT2D eigenvalue weighted by atomic mass is 10.2. The van der Waals surface area contributed by atoms with Gasteiger partial charge in [0.1, 0.15) is 11.5 Å². The van der Waals surface area contributed by atoms with Gasteiger partial charge < -0.3 is 14.2 Å². The van der Waals surface area contributed by atoms with Crippen molar-refractivity contribution in [3.8, 4) is 11.5 Å². The number of aliphatic hydroxyl groups is 1. The van der Waals surface area contributed by atoms with Crippen molar-refractivity contribution in [3.63, 3.8) is 0 Å². The second-order valence-corrected chi connectivity index (χ2v) is 6.30. The van der Waals surface area contributed by atoms with Crippen molar-refractivity contribution in [3.05, 3.63) is 96.6 Å². The van der Waals surface area contributed by atoms with E-state index in [0.717, 1.165) is 5.56 Å². The lowest BCUT2D eigenvalue weighted by Gasteiger charge is -2.23. The number of hydrogen-bond donors (Lipinski definition) is 1. The minimum atomic E-state index is -1.60. The molecule has 3 aromatic rings. The summed E-state index contributed by atoms with van der Waals surface area (Å²) in [6.45, 7) is 0. The molecule has 0 saturated heterocycles. The van der Waals surface area contributed by atoms with E-state index < -0.39 is 14.2 Å². The maximum atomic E-state index is 10.7. The second-order valence-electron chi connectivity index (χ2n) is 4.88. The predicted molar refractivity (Wildman–Crippen MR) is 92.5 cm³/mol. The van der Waals surface area contributed by atoms with Gasteiger partial charge in [0.05, 0.1) is 0 Å². The Labute approximate surface area is 137 Å². The first kappa shape index (κ1) is 15.5. The number of para-hydroxylation sites is 2.